The van der Waals surface area contributed by atoms with Crippen LogP contribution in [-0.2, 0) is 14.3 Å². The number of carbonyl (C=O) groups is 2. The largest absolute Gasteiger partial charge is 0.482 e. The fraction of sp³-hybridized carbons (Fsp3) is 0.600. The molecule has 1 aromatic rings. The molecule has 0 heterocycles. The van der Waals surface area contributed by atoms with Crippen molar-refractivity contribution in [2.24, 2.45) is 17.8 Å². The topological polar surface area (TPSA) is 108 Å². The zero-order chi connectivity index (χ0) is 19.7. The van der Waals surface area contributed by atoms with Crippen LogP contribution in [-0.4, -0.2) is 35.6 Å². The predicted octanol–water partition coefficient (Wildman–Crippen LogP) is 2.60. The smallest absolute Gasteiger partial charge is 0.344 e. The van der Waals surface area contributed by atoms with Gasteiger partial charge in [-0.25, -0.2) is 4.79 Å². The molecule has 1 amide bonds. The summed E-state index contributed by atoms with van der Waals surface area (Å²) in [6.07, 6.45) is 7.02. The molecule has 150 valence electrons. The van der Waals surface area contributed by atoms with Gasteiger partial charge in [-0.1, -0.05) is 0 Å². The number of non-ortho nitro benzene ring substituents is 1. The zero-order valence-corrected chi connectivity index (χ0v) is 15.6. The third kappa shape index (κ3) is 4.10. The molecule has 5 rings (SSSR count). The summed E-state index contributed by atoms with van der Waals surface area (Å²) in [5.74, 6) is 1.59. The Morgan fingerprint density at radius 3 is 2.14 bits per heavy atom. The number of carbonyl (C=O) groups excluding carboxylic acids is 2. The van der Waals surface area contributed by atoms with E-state index in [1.54, 1.807) is 0 Å². The highest BCUT2D eigenvalue weighted by atomic mass is 16.6. The number of ether oxygens (including phenoxy) is 2. The van der Waals surface area contributed by atoms with Crippen molar-refractivity contribution in [1.82, 2.24) is 5.32 Å². The van der Waals surface area contributed by atoms with Gasteiger partial charge < -0.3 is 14.8 Å². The third-order valence-electron chi connectivity index (χ3n) is 6.21. The van der Waals surface area contributed by atoms with E-state index in [1.807, 2.05) is 0 Å². The van der Waals surface area contributed by atoms with E-state index in [2.05, 4.69) is 5.32 Å². The van der Waals surface area contributed by atoms with Gasteiger partial charge in [0.1, 0.15) is 5.75 Å². The molecule has 0 atom stereocenters. The number of nitrogens with one attached hydrogen (secondary N) is 1. The second kappa shape index (κ2) is 7.41. The number of amides is 1. The molecule has 8 nitrogen and oxygen atoms in total. The fourth-order valence-electron chi connectivity index (χ4n) is 5.59. The molecule has 0 radical (unpaired) electrons. The number of nitro groups is 1. The number of nitrogens with zero attached hydrogens (tertiary/aromatic N) is 1. The van der Waals surface area contributed by atoms with Crippen LogP contribution in [0, 0.1) is 27.9 Å². The Bertz CT molecular complexity index is 740. The molecular weight excluding hydrogens is 364 g/mol. The van der Waals surface area contributed by atoms with Gasteiger partial charge in [-0.05, 0) is 68.4 Å². The molecule has 28 heavy (non-hydrogen) atoms. The van der Waals surface area contributed by atoms with E-state index in [0.29, 0.717) is 5.75 Å². The normalized spacial score (nSPS) is 29.9. The summed E-state index contributed by atoms with van der Waals surface area (Å²) in [6, 6.07) is 5.40. The van der Waals surface area contributed by atoms with Crippen LogP contribution in [0.4, 0.5) is 5.69 Å². The summed E-state index contributed by atoms with van der Waals surface area (Å²) in [7, 11) is 0. The van der Waals surface area contributed by atoms with Crippen molar-refractivity contribution in [2.75, 3.05) is 13.2 Å². The van der Waals surface area contributed by atoms with E-state index in [9.17, 15) is 19.7 Å². The summed E-state index contributed by atoms with van der Waals surface area (Å²) in [5.41, 5.74) is -0.163. The zero-order valence-electron chi connectivity index (χ0n) is 15.6. The molecule has 4 saturated carbocycles. The van der Waals surface area contributed by atoms with Gasteiger partial charge >= 0.3 is 5.97 Å². The van der Waals surface area contributed by atoms with Gasteiger partial charge in [-0.2, -0.15) is 0 Å². The lowest BCUT2D eigenvalue weighted by molar-refractivity contribution is -0.384. The standard InChI is InChI=1S/C20H24N2O6/c23-18(21-20-8-13-5-14(9-20)7-15(6-13)10-20)11-28-19(24)12-27-17-3-1-16(2-4-17)22(25)26/h1-4,13-15H,5-12H2,(H,21,23). The third-order valence-corrected chi connectivity index (χ3v) is 6.21. The second-order valence-corrected chi connectivity index (χ2v) is 8.45. The molecular formula is C20H24N2O6. The molecule has 4 aliphatic rings. The van der Waals surface area contributed by atoms with Crippen LogP contribution < -0.4 is 10.1 Å². The van der Waals surface area contributed by atoms with E-state index in [1.165, 1.54) is 43.5 Å². The minimum Gasteiger partial charge on any atom is -0.482 e. The van der Waals surface area contributed by atoms with Crippen LogP contribution >= 0.6 is 0 Å². The minimum atomic E-state index is -0.654. The Hall–Kier alpha value is -2.64. The monoisotopic (exact) mass is 388 g/mol. The van der Waals surface area contributed by atoms with Crippen LogP contribution in [0.3, 0.4) is 0 Å². The van der Waals surface area contributed by atoms with Crippen molar-refractivity contribution in [3.63, 3.8) is 0 Å². The lowest BCUT2D eigenvalue weighted by Gasteiger charge is -2.56. The number of benzene rings is 1. The summed E-state index contributed by atoms with van der Waals surface area (Å²) >= 11 is 0. The molecule has 4 aliphatic carbocycles. The number of rotatable bonds is 7. The summed E-state index contributed by atoms with van der Waals surface area (Å²) in [5, 5.41) is 13.8. The summed E-state index contributed by atoms with van der Waals surface area (Å²) in [6.45, 7) is -0.674. The Morgan fingerprint density at radius 2 is 1.61 bits per heavy atom. The molecule has 8 heteroatoms. The minimum absolute atomic E-state index is 0.0590. The van der Waals surface area contributed by atoms with E-state index in [4.69, 9.17) is 9.47 Å². The van der Waals surface area contributed by atoms with Crippen molar-refractivity contribution >= 4 is 17.6 Å². The maximum absolute atomic E-state index is 12.3. The highest BCUT2D eigenvalue weighted by Crippen LogP contribution is 2.55. The average molecular weight is 388 g/mol. The molecule has 1 aromatic carbocycles. The Morgan fingerprint density at radius 1 is 1.04 bits per heavy atom. The quantitative estimate of drug-likeness (QED) is 0.437. The molecule has 0 unspecified atom stereocenters. The van der Waals surface area contributed by atoms with Gasteiger partial charge in [0, 0.05) is 17.7 Å². The Kier molecular flexibility index (Phi) is 4.95. The first-order valence-electron chi connectivity index (χ1n) is 9.75. The van der Waals surface area contributed by atoms with Crippen LogP contribution in [0.25, 0.3) is 0 Å². The maximum atomic E-state index is 12.3. The van der Waals surface area contributed by atoms with Crippen LogP contribution in [0.1, 0.15) is 38.5 Å². The lowest BCUT2D eigenvalue weighted by Crippen LogP contribution is -2.60. The molecule has 4 bridgehead atoms. The molecule has 0 saturated heterocycles. The number of esters is 1. The van der Waals surface area contributed by atoms with Crippen LogP contribution in [0.5, 0.6) is 5.75 Å². The average Bonchev–Trinajstić information content (AvgIpc) is 2.63. The number of hydrogen-bond acceptors (Lipinski definition) is 6. The van der Waals surface area contributed by atoms with Gasteiger partial charge in [0.05, 0.1) is 4.92 Å². The van der Waals surface area contributed by atoms with Crippen molar-refractivity contribution in [2.45, 2.75) is 44.1 Å². The molecule has 4 fully saturated rings. The maximum Gasteiger partial charge on any atom is 0.344 e. The van der Waals surface area contributed by atoms with Gasteiger partial charge in [0.15, 0.2) is 13.2 Å². The second-order valence-electron chi connectivity index (χ2n) is 8.45. The lowest BCUT2D eigenvalue weighted by atomic mass is 9.53. The summed E-state index contributed by atoms with van der Waals surface area (Å²) in [4.78, 5) is 34.2. The number of nitro benzene ring substituents is 1. The predicted molar refractivity (Wildman–Crippen MR) is 98.6 cm³/mol. The van der Waals surface area contributed by atoms with Crippen molar-refractivity contribution in [3.05, 3.63) is 34.4 Å². The van der Waals surface area contributed by atoms with E-state index in [0.717, 1.165) is 37.0 Å². The fourth-order valence-corrected chi connectivity index (χ4v) is 5.59. The van der Waals surface area contributed by atoms with E-state index < -0.39 is 10.9 Å². The van der Waals surface area contributed by atoms with Crippen molar-refractivity contribution < 1.29 is 24.0 Å². The molecule has 0 spiro atoms. The molecule has 1 N–H and O–H groups in total. The Balaban J connectivity index is 1.20. The van der Waals surface area contributed by atoms with Crippen LogP contribution in [0.15, 0.2) is 24.3 Å². The van der Waals surface area contributed by atoms with E-state index in [-0.39, 0.29) is 30.3 Å². The highest BCUT2D eigenvalue weighted by molar-refractivity contribution is 5.81. The van der Waals surface area contributed by atoms with Crippen LogP contribution in [0.2, 0.25) is 0 Å². The Labute approximate surface area is 162 Å². The van der Waals surface area contributed by atoms with E-state index >= 15 is 0 Å². The van der Waals surface area contributed by atoms with Gasteiger partial charge in [-0.15, -0.1) is 0 Å². The first-order chi connectivity index (χ1) is 13.4. The highest BCUT2D eigenvalue weighted by Gasteiger charge is 2.51. The van der Waals surface area contributed by atoms with Gasteiger partial charge in [0.2, 0.25) is 0 Å². The van der Waals surface area contributed by atoms with Gasteiger partial charge in [-0.3, -0.25) is 14.9 Å². The SMILES string of the molecule is O=C(COC(=O)COc1ccc([N+](=O)[O-])cc1)NC12CC3CC(CC(C3)C1)C2. The molecule has 0 aliphatic heterocycles. The molecule has 0 aromatic heterocycles. The van der Waals surface area contributed by atoms with Crippen molar-refractivity contribution in [3.8, 4) is 5.75 Å². The summed E-state index contributed by atoms with van der Waals surface area (Å²) < 4.78 is 10.3. The first kappa shape index (κ1) is 18.7. The van der Waals surface area contributed by atoms with Crippen molar-refractivity contribution in [1.29, 1.82) is 0 Å². The first-order valence-corrected chi connectivity index (χ1v) is 9.75. The number of hydrogen-bond donors (Lipinski definition) is 1. The van der Waals surface area contributed by atoms with Gasteiger partial charge in [0.25, 0.3) is 11.6 Å².